The van der Waals surface area contributed by atoms with Gasteiger partial charge in [-0.2, -0.15) is 0 Å². The van der Waals surface area contributed by atoms with Gasteiger partial charge in [-0.1, -0.05) is 35.3 Å². The molecule has 0 fully saturated rings. The third kappa shape index (κ3) is 3.17. The third-order valence-electron chi connectivity index (χ3n) is 3.16. The number of pyridine rings is 1. The normalized spacial score (nSPS) is 12.2. The second kappa shape index (κ2) is 6.33. The van der Waals surface area contributed by atoms with Gasteiger partial charge in [-0.3, -0.25) is 4.79 Å². The van der Waals surface area contributed by atoms with E-state index in [2.05, 4.69) is 5.32 Å². The van der Waals surface area contributed by atoms with Crippen molar-refractivity contribution < 1.29 is 0 Å². The fourth-order valence-electron chi connectivity index (χ4n) is 2.05. The summed E-state index contributed by atoms with van der Waals surface area (Å²) in [7, 11) is 0. The summed E-state index contributed by atoms with van der Waals surface area (Å²) in [6, 6.07) is 8.87. The maximum absolute atomic E-state index is 11.6. The van der Waals surface area contributed by atoms with Crippen LogP contribution >= 0.6 is 23.2 Å². The summed E-state index contributed by atoms with van der Waals surface area (Å²) < 4.78 is 1.65. The molecule has 3 nitrogen and oxygen atoms in total. The van der Waals surface area contributed by atoms with Crippen molar-refractivity contribution in [3.8, 4) is 0 Å². The van der Waals surface area contributed by atoms with Gasteiger partial charge in [0, 0.05) is 18.8 Å². The van der Waals surface area contributed by atoms with Gasteiger partial charge in [-0.25, -0.2) is 0 Å². The molecule has 0 saturated carbocycles. The average Bonchev–Trinajstić information content (AvgIpc) is 2.43. The molecule has 0 bridgehead atoms. The number of aryl methyl sites for hydroxylation is 1. The highest BCUT2D eigenvalue weighted by Gasteiger charge is 2.12. The van der Waals surface area contributed by atoms with Crippen molar-refractivity contribution in [1.82, 2.24) is 4.57 Å². The summed E-state index contributed by atoms with van der Waals surface area (Å²) >= 11 is 12.2. The Bertz CT molecular complexity index is 667. The molecule has 0 aliphatic rings. The molecule has 1 heterocycles. The molecule has 0 amide bonds. The number of hydrogen-bond donors (Lipinski definition) is 1. The van der Waals surface area contributed by atoms with Gasteiger partial charge in [0.1, 0.15) is 0 Å². The largest absolute Gasteiger partial charge is 0.377 e. The van der Waals surface area contributed by atoms with Crippen molar-refractivity contribution >= 4 is 28.9 Å². The first kappa shape index (κ1) is 14.9. The molecule has 0 aliphatic heterocycles. The first-order chi connectivity index (χ1) is 9.52. The molecule has 1 atom stereocenters. The highest BCUT2D eigenvalue weighted by atomic mass is 35.5. The molecule has 0 saturated heterocycles. The molecule has 0 spiro atoms. The van der Waals surface area contributed by atoms with Crippen LogP contribution in [0, 0.1) is 0 Å². The number of halogens is 2. The number of hydrogen-bond acceptors (Lipinski definition) is 2. The van der Waals surface area contributed by atoms with Crippen LogP contribution in [0.3, 0.4) is 0 Å². The van der Waals surface area contributed by atoms with E-state index >= 15 is 0 Å². The Morgan fingerprint density at radius 1 is 1.25 bits per heavy atom. The Hall–Kier alpha value is -1.45. The minimum atomic E-state index is -0.0102. The molecule has 1 aromatic heterocycles. The lowest BCUT2D eigenvalue weighted by molar-refractivity contribution is 0.725. The molecule has 2 aromatic rings. The van der Waals surface area contributed by atoms with E-state index < -0.39 is 0 Å². The number of aromatic nitrogens is 1. The quantitative estimate of drug-likeness (QED) is 0.911. The van der Waals surface area contributed by atoms with E-state index in [9.17, 15) is 4.79 Å². The van der Waals surface area contributed by atoms with Gasteiger partial charge in [0.2, 0.25) is 0 Å². The number of anilines is 1. The predicted octanol–water partition coefficient (Wildman–Crippen LogP) is 4.35. The molecule has 1 unspecified atom stereocenters. The monoisotopic (exact) mass is 310 g/mol. The number of rotatable bonds is 4. The zero-order valence-corrected chi connectivity index (χ0v) is 12.9. The molecule has 5 heteroatoms. The van der Waals surface area contributed by atoms with Gasteiger partial charge >= 0.3 is 0 Å². The molecule has 20 heavy (non-hydrogen) atoms. The number of benzene rings is 1. The van der Waals surface area contributed by atoms with Gasteiger partial charge in [-0.15, -0.1) is 0 Å². The van der Waals surface area contributed by atoms with Crippen LogP contribution in [-0.2, 0) is 6.54 Å². The van der Waals surface area contributed by atoms with Crippen LogP contribution < -0.4 is 10.9 Å². The fraction of sp³-hybridized carbons (Fsp3) is 0.267. The predicted molar refractivity (Wildman–Crippen MR) is 84.9 cm³/mol. The molecular weight excluding hydrogens is 295 g/mol. The second-order valence-electron chi connectivity index (χ2n) is 4.55. The highest BCUT2D eigenvalue weighted by molar-refractivity contribution is 6.42. The maximum atomic E-state index is 11.6. The van der Waals surface area contributed by atoms with E-state index in [0.29, 0.717) is 16.6 Å². The third-order valence-corrected chi connectivity index (χ3v) is 3.99. The Kier molecular flexibility index (Phi) is 4.73. The van der Waals surface area contributed by atoms with Crippen molar-refractivity contribution in [3.05, 3.63) is 62.5 Å². The minimum Gasteiger partial charge on any atom is -0.377 e. The van der Waals surface area contributed by atoms with Crippen molar-refractivity contribution in [2.45, 2.75) is 26.4 Å². The average molecular weight is 311 g/mol. The van der Waals surface area contributed by atoms with Gasteiger partial charge in [0.15, 0.2) is 0 Å². The first-order valence-corrected chi connectivity index (χ1v) is 7.19. The van der Waals surface area contributed by atoms with E-state index in [1.165, 1.54) is 0 Å². The summed E-state index contributed by atoms with van der Waals surface area (Å²) in [5, 5.41) is 4.42. The van der Waals surface area contributed by atoms with Gasteiger partial charge in [0.05, 0.1) is 21.8 Å². The second-order valence-corrected chi connectivity index (χ2v) is 5.34. The molecule has 2 rings (SSSR count). The lowest BCUT2D eigenvalue weighted by atomic mass is 10.1. The SMILES string of the molecule is CCn1cc(NC(C)c2cccc(Cl)c2Cl)ccc1=O. The summed E-state index contributed by atoms with van der Waals surface area (Å²) in [6.07, 6.45) is 1.80. The zero-order chi connectivity index (χ0) is 14.7. The molecule has 0 aliphatic carbocycles. The van der Waals surface area contributed by atoms with Crippen LogP contribution in [-0.4, -0.2) is 4.57 Å². The Balaban J connectivity index is 2.25. The van der Waals surface area contributed by atoms with Crippen molar-refractivity contribution in [2.24, 2.45) is 0 Å². The lowest BCUT2D eigenvalue weighted by Gasteiger charge is -2.18. The van der Waals surface area contributed by atoms with Gasteiger partial charge in [-0.05, 0) is 31.5 Å². The van der Waals surface area contributed by atoms with Crippen LogP contribution in [0.4, 0.5) is 5.69 Å². The number of nitrogens with one attached hydrogen (secondary N) is 1. The Morgan fingerprint density at radius 2 is 2.00 bits per heavy atom. The Morgan fingerprint density at radius 3 is 2.70 bits per heavy atom. The summed E-state index contributed by atoms with van der Waals surface area (Å²) in [4.78, 5) is 11.6. The summed E-state index contributed by atoms with van der Waals surface area (Å²) in [5.74, 6) is 0. The van der Waals surface area contributed by atoms with E-state index in [1.54, 1.807) is 29.0 Å². The fourth-order valence-corrected chi connectivity index (χ4v) is 2.52. The first-order valence-electron chi connectivity index (χ1n) is 6.44. The van der Waals surface area contributed by atoms with Crippen molar-refractivity contribution in [3.63, 3.8) is 0 Å². The van der Waals surface area contributed by atoms with E-state index in [4.69, 9.17) is 23.2 Å². The molecule has 0 radical (unpaired) electrons. The topological polar surface area (TPSA) is 34.0 Å². The van der Waals surface area contributed by atoms with Crippen LogP contribution in [0.25, 0.3) is 0 Å². The van der Waals surface area contributed by atoms with Crippen LogP contribution in [0.1, 0.15) is 25.5 Å². The lowest BCUT2D eigenvalue weighted by Crippen LogP contribution is -2.18. The maximum Gasteiger partial charge on any atom is 0.250 e. The molecular formula is C15H16Cl2N2O. The highest BCUT2D eigenvalue weighted by Crippen LogP contribution is 2.31. The standard InChI is InChI=1S/C15H16Cl2N2O/c1-3-19-9-11(7-8-14(19)20)18-10(2)12-5-4-6-13(16)15(12)17/h4-10,18H,3H2,1-2H3. The van der Waals surface area contributed by atoms with Crippen molar-refractivity contribution in [2.75, 3.05) is 5.32 Å². The minimum absolute atomic E-state index is 0.00788. The Labute approximate surface area is 128 Å². The molecule has 1 N–H and O–H groups in total. The summed E-state index contributed by atoms with van der Waals surface area (Å²) in [5.41, 5.74) is 1.79. The van der Waals surface area contributed by atoms with E-state index in [0.717, 1.165) is 11.3 Å². The number of nitrogens with zero attached hydrogens (tertiary/aromatic N) is 1. The zero-order valence-electron chi connectivity index (χ0n) is 11.4. The van der Waals surface area contributed by atoms with Crippen LogP contribution in [0.5, 0.6) is 0 Å². The van der Waals surface area contributed by atoms with Crippen LogP contribution in [0.15, 0.2) is 41.3 Å². The molecule has 1 aromatic carbocycles. The van der Waals surface area contributed by atoms with Crippen molar-refractivity contribution in [1.29, 1.82) is 0 Å². The smallest absolute Gasteiger partial charge is 0.250 e. The van der Waals surface area contributed by atoms with Gasteiger partial charge in [0.25, 0.3) is 5.56 Å². The molecule has 106 valence electrons. The van der Waals surface area contributed by atoms with E-state index in [1.807, 2.05) is 26.0 Å². The van der Waals surface area contributed by atoms with Crippen LogP contribution in [0.2, 0.25) is 10.0 Å². The summed E-state index contributed by atoms with van der Waals surface area (Å²) in [6.45, 7) is 4.57. The van der Waals surface area contributed by atoms with Gasteiger partial charge < -0.3 is 9.88 Å². The van der Waals surface area contributed by atoms with E-state index in [-0.39, 0.29) is 11.6 Å².